The van der Waals surface area contributed by atoms with E-state index in [-0.39, 0.29) is 0 Å². The summed E-state index contributed by atoms with van der Waals surface area (Å²) in [5.41, 5.74) is 15.4. The molecule has 11 aromatic carbocycles. The molecule has 0 fully saturated rings. The predicted octanol–water partition coefficient (Wildman–Crippen LogP) is 18.7. The highest BCUT2D eigenvalue weighted by Crippen LogP contribution is 2.46. The van der Waals surface area contributed by atoms with Crippen LogP contribution in [-0.4, -0.2) is 18.3 Å². The summed E-state index contributed by atoms with van der Waals surface area (Å²) in [4.78, 5) is 0. The Bertz CT molecular complexity index is 4820. The largest absolute Gasteiger partial charge is 0.416 e. The maximum atomic E-state index is 14.6. The van der Waals surface area contributed by atoms with Gasteiger partial charge in [0.15, 0.2) is 0 Å². The van der Waals surface area contributed by atoms with E-state index in [0.717, 1.165) is 110 Å². The number of aromatic nitrogens is 4. The molecule has 0 N–H and O–H groups in total. The van der Waals surface area contributed by atoms with Gasteiger partial charge in [-0.15, -0.1) is 0 Å². The fraction of sp³-hybridized carbons (Fsp3) is 0.0294. The van der Waals surface area contributed by atoms with Gasteiger partial charge in [0.1, 0.15) is 0 Å². The van der Waals surface area contributed by atoms with Gasteiger partial charge in [-0.25, -0.2) is 0 Å². The van der Waals surface area contributed by atoms with Gasteiger partial charge in [0.2, 0.25) is 0 Å². The standard InChI is InChI=1S/C68H43F3N4/c1-42-34-44(36-45(35-42)68(69,70)71)43-32-33-53(63(37-43)75-62-31-17-12-26-52(62)57-39-55-50-24-10-14-28-59(50)73(65(55)41-67(57)75)47-20-6-3-7-21-47)48-22-8-15-29-60(48)74-61-30-16-11-25-51(61)56-38-54-49-23-9-13-27-58(49)72(64(54)40-66(56)74)46-18-4-2-5-19-46/h2-41H,1H3. The van der Waals surface area contributed by atoms with Gasteiger partial charge >= 0.3 is 6.18 Å². The highest BCUT2D eigenvalue weighted by molar-refractivity contribution is 6.21. The summed E-state index contributed by atoms with van der Waals surface area (Å²) in [6.07, 6.45) is -4.51. The number of alkyl halides is 3. The molecule has 0 saturated heterocycles. The van der Waals surface area contributed by atoms with Gasteiger partial charge < -0.3 is 18.3 Å². The lowest BCUT2D eigenvalue weighted by Gasteiger charge is -2.20. The molecule has 4 heterocycles. The summed E-state index contributed by atoms with van der Waals surface area (Å²) >= 11 is 0. The van der Waals surface area contributed by atoms with Gasteiger partial charge in [-0.3, -0.25) is 0 Å². The van der Waals surface area contributed by atoms with E-state index in [1.54, 1.807) is 6.92 Å². The van der Waals surface area contributed by atoms with E-state index in [1.807, 2.05) is 18.2 Å². The van der Waals surface area contributed by atoms with Crippen LogP contribution in [-0.2, 0) is 6.18 Å². The van der Waals surface area contributed by atoms with Gasteiger partial charge in [0.05, 0.1) is 61.1 Å². The number of para-hydroxylation sites is 7. The van der Waals surface area contributed by atoms with Crippen molar-refractivity contribution in [2.45, 2.75) is 13.1 Å². The lowest BCUT2D eigenvalue weighted by atomic mass is 9.95. The van der Waals surface area contributed by atoms with Crippen LogP contribution in [0.3, 0.4) is 0 Å². The lowest BCUT2D eigenvalue weighted by Crippen LogP contribution is -2.05. The molecule has 7 heteroatoms. The fourth-order valence-corrected chi connectivity index (χ4v) is 12.2. The third kappa shape index (κ3) is 6.50. The van der Waals surface area contributed by atoms with E-state index in [4.69, 9.17) is 0 Å². The van der Waals surface area contributed by atoms with Crippen molar-refractivity contribution in [1.29, 1.82) is 0 Å². The third-order valence-electron chi connectivity index (χ3n) is 15.4. The molecule has 0 atom stereocenters. The van der Waals surface area contributed by atoms with Crippen LogP contribution in [0.2, 0.25) is 0 Å². The highest BCUT2D eigenvalue weighted by Gasteiger charge is 2.31. The predicted molar refractivity (Wildman–Crippen MR) is 304 cm³/mol. The highest BCUT2D eigenvalue weighted by atomic mass is 19.4. The maximum absolute atomic E-state index is 14.6. The lowest BCUT2D eigenvalue weighted by molar-refractivity contribution is -0.137. The van der Waals surface area contributed by atoms with Crippen molar-refractivity contribution in [2.75, 3.05) is 0 Å². The first-order valence-electron chi connectivity index (χ1n) is 25.2. The van der Waals surface area contributed by atoms with E-state index < -0.39 is 11.7 Å². The van der Waals surface area contributed by atoms with Crippen LogP contribution in [0.15, 0.2) is 243 Å². The molecule has 4 nitrogen and oxygen atoms in total. The molecular weight excluding hydrogens is 930 g/mol. The Balaban J connectivity index is 1.05. The maximum Gasteiger partial charge on any atom is 0.416 e. The summed E-state index contributed by atoms with van der Waals surface area (Å²) in [6, 6.07) is 83.7. The Morgan fingerprint density at radius 1 is 0.280 bits per heavy atom. The molecular formula is C68H43F3N4. The van der Waals surface area contributed by atoms with Crippen molar-refractivity contribution in [2.24, 2.45) is 0 Å². The van der Waals surface area contributed by atoms with Gasteiger partial charge in [0.25, 0.3) is 0 Å². The number of hydrogen-bond donors (Lipinski definition) is 0. The average Bonchev–Trinajstić information content (AvgIpc) is 4.17. The van der Waals surface area contributed by atoms with Crippen LogP contribution in [0.25, 0.3) is 132 Å². The monoisotopic (exact) mass is 972 g/mol. The minimum atomic E-state index is -4.51. The van der Waals surface area contributed by atoms with Crippen LogP contribution in [0, 0.1) is 6.92 Å². The topological polar surface area (TPSA) is 19.7 Å². The molecule has 75 heavy (non-hydrogen) atoms. The minimum absolute atomic E-state index is 0.496. The van der Waals surface area contributed by atoms with Crippen molar-refractivity contribution >= 4 is 87.2 Å². The Labute approximate surface area is 428 Å². The first-order valence-corrected chi connectivity index (χ1v) is 25.2. The number of hydrogen-bond acceptors (Lipinski definition) is 0. The molecule has 0 radical (unpaired) electrons. The van der Waals surface area contributed by atoms with E-state index >= 15 is 0 Å². The van der Waals surface area contributed by atoms with Crippen molar-refractivity contribution in [3.63, 3.8) is 0 Å². The zero-order valence-electron chi connectivity index (χ0n) is 40.5. The second-order valence-electron chi connectivity index (χ2n) is 19.7. The Hall–Kier alpha value is -9.59. The molecule has 0 spiro atoms. The van der Waals surface area contributed by atoms with Crippen molar-refractivity contribution in [3.05, 3.63) is 254 Å². The van der Waals surface area contributed by atoms with E-state index in [9.17, 15) is 13.2 Å². The SMILES string of the molecule is Cc1cc(-c2ccc(-c3ccccc3-n3c4ccccc4c4cc5c6ccccc6n(-c6ccccc6)c5cc43)c(-n3c4ccccc4c4cc5c6ccccc6n(-c6ccccc6)c5cc43)c2)cc(C(F)(F)F)c1. The van der Waals surface area contributed by atoms with Crippen LogP contribution in [0.5, 0.6) is 0 Å². The summed E-state index contributed by atoms with van der Waals surface area (Å²) in [5.74, 6) is 0. The molecule has 0 amide bonds. The summed E-state index contributed by atoms with van der Waals surface area (Å²) in [5, 5.41) is 9.07. The summed E-state index contributed by atoms with van der Waals surface area (Å²) in [7, 11) is 0. The number of halogens is 3. The number of aryl methyl sites for hydroxylation is 1. The molecule has 356 valence electrons. The zero-order valence-corrected chi connectivity index (χ0v) is 40.5. The molecule has 15 aromatic rings. The zero-order chi connectivity index (χ0) is 50.1. The molecule has 0 aliphatic heterocycles. The van der Waals surface area contributed by atoms with Crippen LogP contribution in [0.4, 0.5) is 13.2 Å². The minimum Gasteiger partial charge on any atom is -0.309 e. The van der Waals surface area contributed by atoms with E-state index in [0.29, 0.717) is 16.7 Å². The van der Waals surface area contributed by atoms with Gasteiger partial charge in [-0.2, -0.15) is 13.2 Å². The van der Waals surface area contributed by atoms with Crippen molar-refractivity contribution in [1.82, 2.24) is 18.3 Å². The normalized spacial score (nSPS) is 12.3. The third-order valence-corrected chi connectivity index (χ3v) is 15.4. The van der Waals surface area contributed by atoms with E-state index in [1.165, 1.54) is 22.9 Å². The Kier molecular flexibility index (Phi) is 9.30. The molecule has 0 aliphatic rings. The smallest absolute Gasteiger partial charge is 0.309 e. The van der Waals surface area contributed by atoms with Crippen LogP contribution >= 0.6 is 0 Å². The Morgan fingerprint density at radius 3 is 1.17 bits per heavy atom. The summed E-state index contributed by atoms with van der Waals surface area (Å²) in [6.45, 7) is 1.73. The molecule has 0 bridgehead atoms. The number of fused-ring (bicyclic) bond motifs is 12. The van der Waals surface area contributed by atoms with Crippen molar-refractivity contribution < 1.29 is 13.2 Å². The number of benzene rings is 11. The molecule has 15 rings (SSSR count). The van der Waals surface area contributed by atoms with Crippen LogP contribution < -0.4 is 0 Å². The van der Waals surface area contributed by atoms with Gasteiger partial charge in [-0.1, -0.05) is 146 Å². The van der Waals surface area contributed by atoms with E-state index in [2.05, 4.69) is 231 Å². The molecule has 0 unspecified atom stereocenters. The Morgan fingerprint density at radius 2 is 0.680 bits per heavy atom. The average molecular weight is 973 g/mol. The first kappa shape index (κ1) is 43.0. The molecule has 0 aliphatic carbocycles. The number of nitrogens with zero attached hydrogens (tertiary/aromatic N) is 4. The first-order chi connectivity index (χ1) is 36.8. The van der Waals surface area contributed by atoms with Gasteiger partial charge in [0, 0.05) is 65.6 Å². The van der Waals surface area contributed by atoms with Gasteiger partial charge in [-0.05, 0) is 121 Å². The second-order valence-corrected chi connectivity index (χ2v) is 19.7. The fourth-order valence-electron chi connectivity index (χ4n) is 12.2. The van der Waals surface area contributed by atoms with Crippen molar-refractivity contribution in [3.8, 4) is 45.0 Å². The van der Waals surface area contributed by atoms with Crippen LogP contribution in [0.1, 0.15) is 11.1 Å². The number of rotatable bonds is 6. The quantitative estimate of drug-likeness (QED) is 0.158. The molecule has 0 saturated carbocycles. The molecule has 4 aromatic heterocycles. The summed E-state index contributed by atoms with van der Waals surface area (Å²) < 4.78 is 53.2. The second kappa shape index (κ2) is 16.2.